The number of likely N-dealkylation sites (N-methyl/N-ethyl adjacent to an activating group) is 1. The van der Waals surface area contributed by atoms with Gasteiger partial charge >= 0.3 is 0 Å². The van der Waals surface area contributed by atoms with Crippen molar-refractivity contribution in [1.82, 2.24) is 4.90 Å². The molecule has 0 saturated heterocycles. The number of carbonyl (C=O) groups excluding carboxylic acids is 2. The van der Waals surface area contributed by atoms with Crippen LogP contribution in [0.15, 0.2) is 48.5 Å². The number of benzene rings is 2. The van der Waals surface area contributed by atoms with Crippen molar-refractivity contribution in [2.75, 3.05) is 19.0 Å². The fourth-order valence-electron chi connectivity index (χ4n) is 3.66. The normalized spacial score (nSPS) is 15.0. The van der Waals surface area contributed by atoms with Gasteiger partial charge in [0.2, 0.25) is 0 Å². The van der Waals surface area contributed by atoms with E-state index in [1.165, 1.54) is 11.0 Å². The van der Waals surface area contributed by atoms with Gasteiger partial charge in [0.25, 0.3) is 11.8 Å². The third-order valence-electron chi connectivity index (χ3n) is 5.47. The topological polar surface area (TPSA) is 82.4 Å². The van der Waals surface area contributed by atoms with Crippen LogP contribution in [-0.4, -0.2) is 35.9 Å². The fraction of sp³-hybridized carbons (Fsp3) is 0.348. The molecule has 1 aliphatic rings. The van der Waals surface area contributed by atoms with Gasteiger partial charge in [-0.25, -0.2) is 0 Å². The number of amides is 2. The third kappa shape index (κ3) is 4.92. The van der Waals surface area contributed by atoms with Gasteiger partial charge in [-0.05, 0) is 43.2 Å². The first-order chi connectivity index (χ1) is 14.4. The smallest absolute Gasteiger partial charge is 0.261 e. The molecule has 6 nitrogen and oxygen atoms in total. The number of para-hydroxylation sites is 1. The van der Waals surface area contributed by atoms with Crippen LogP contribution in [0, 0.1) is 11.3 Å². The van der Waals surface area contributed by atoms with Crippen LogP contribution < -0.4 is 10.1 Å². The summed E-state index contributed by atoms with van der Waals surface area (Å²) in [6, 6.07) is 16.0. The monoisotopic (exact) mass is 425 g/mol. The van der Waals surface area contributed by atoms with Gasteiger partial charge in [-0.15, -0.1) is 0 Å². The maximum Gasteiger partial charge on any atom is 0.261 e. The Balaban J connectivity index is 1.71. The lowest BCUT2D eigenvalue weighted by molar-refractivity contribution is -0.137. The first-order valence-corrected chi connectivity index (χ1v) is 10.3. The molecule has 30 heavy (non-hydrogen) atoms. The zero-order valence-electron chi connectivity index (χ0n) is 16.9. The Morgan fingerprint density at radius 2 is 1.87 bits per heavy atom. The van der Waals surface area contributed by atoms with Gasteiger partial charge in [0.05, 0.1) is 11.6 Å². The van der Waals surface area contributed by atoms with Gasteiger partial charge in [0.1, 0.15) is 11.3 Å². The summed E-state index contributed by atoms with van der Waals surface area (Å²) >= 11 is 6.07. The van der Waals surface area contributed by atoms with Gasteiger partial charge in [-0.2, -0.15) is 5.26 Å². The number of anilines is 1. The van der Waals surface area contributed by atoms with E-state index in [1.807, 2.05) is 18.2 Å². The molecule has 2 aromatic rings. The van der Waals surface area contributed by atoms with Crippen molar-refractivity contribution >= 4 is 29.1 Å². The Labute approximate surface area is 181 Å². The van der Waals surface area contributed by atoms with Crippen LogP contribution >= 0.6 is 11.6 Å². The first kappa shape index (κ1) is 21.7. The molecule has 0 bridgehead atoms. The number of rotatable bonds is 6. The molecule has 0 spiro atoms. The SMILES string of the molecule is CN(C(=O)COc1ccc(Cl)cc1C(=O)Nc1ccccc1)C1(C#N)CCCCC1. The van der Waals surface area contributed by atoms with Crippen molar-refractivity contribution in [3.05, 3.63) is 59.1 Å². The van der Waals surface area contributed by atoms with Crippen molar-refractivity contribution in [3.63, 3.8) is 0 Å². The van der Waals surface area contributed by atoms with E-state index in [4.69, 9.17) is 16.3 Å². The van der Waals surface area contributed by atoms with Crippen LogP contribution in [0.1, 0.15) is 42.5 Å². The van der Waals surface area contributed by atoms with Gasteiger partial charge in [-0.3, -0.25) is 9.59 Å². The van der Waals surface area contributed by atoms with Gasteiger partial charge in [0, 0.05) is 17.8 Å². The maximum absolute atomic E-state index is 12.7. The molecule has 0 unspecified atom stereocenters. The molecule has 2 aromatic carbocycles. The number of nitrogens with zero attached hydrogens (tertiary/aromatic N) is 2. The number of hydrogen-bond acceptors (Lipinski definition) is 4. The molecule has 1 fully saturated rings. The second-order valence-corrected chi connectivity index (χ2v) is 7.84. The molecular weight excluding hydrogens is 402 g/mol. The fourth-order valence-corrected chi connectivity index (χ4v) is 3.83. The average Bonchev–Trinajstić information content (AvgIpc) is 2.78. The zero-order valence-corrected chi connectivity index (χ0v) is 17.6. The largest absolute Gasteiger partial charge is 0.483 e. The minimum atomic E-state index is -0.786. The summed E-state index contributed by atoms with van der Waals surface area (Å²) in [5, 5.41) is 12.9. The predicted molar refractivity (Wildman–Crippen MR) is 116 cm³/mol. The molecule has 1 aliphatic carbocycles. The average molecular weight is 426 g/mol. The van der Waals surface area contributed by atoms with Crippen molar-refractivity contribution < 1.29 is 14.3 Å². The van der Waals surface area contributed by atoms with E-state index in [1.54, 1.807) is 31.3 Å². The molecule has 7 heteroatoms. The number of halogens is 1. The molecule has 0 heterocycles. The van der Waals surface area contributed by atoms with Crippen molar-refractivity contribution in [1.29, 1.82) is 5.26 Å². The molecule has 156 valence electrons. The Bertz CT molecular complexity index is 950. The zero-order chi connectivity index (χ0) is 21.6. The van der Waals surface area contributed by atoms with Crippen LogP contribution in [0.5, 0.6) is 5.75 Å². The second-order valence-electron chi connectivity index (χ2n) is 7.41. The highest BCUT2D eigenvalue weighted by Gasteiger charge is 2.38. The highest BCUT2D eigenvalue weighted by molar-refractivity contribution is 6.31. The molecule has 0 aromatic heterocycles. The lowest BCUT2D eigenvalue weighted by Gasteiger charge is -2.38. The van der Waals surface area contributed by atoms with Crippen LogP contribution in [-0.2, 0) is 4.79 Å². The molecule has 2 amide bonds. The van der Waals surface area contributed by atoms with Crippen LogP contribution in [0.4, 0.5) is 5.69 Å². The van der Waals surface area contributed by atoms with Crippen molar-refractivity contribution in [2.24, 2.45) is 0 Å². The minimum absolute atomic E-state index is 0.231. The lowest BCUT2D eigenvalue weighted by atomic mass is 9.81. The summed E-state index contributed by atoms with van der Waals surface area (Å²) < 4.78 is 5.69. The first-order valence-electron chi connectivity index (χ1n) is 9.92. The summed E-state index contributed by atoms with van der Waals surface area (Å²) in [4.78, 5) is 27.0. The van der Waals surface area contributed by atoms with Gasteiger partial charge in [-0.1, -0.05) is 49.1 Å². The standard InChI is InChI=1S/C23H24ClN3O3/c1-27(23(16-25)12-6-3-7-13-23)21(28)15-30-20-11-10-17(24)14-19(20)22(29)26-18-8-4-2-5-9-18/h2,4-5,8-11,14H,3,6-7,12-13,15H2,1H3,(H,26,29). The van der Waals surface area contributed by atoms with E-state index in [9.17, 15) is 14.9 Å². The molecule has 0 radical (unpaired) electrons. The van der Waals surface area contributed by atoms with E-state index >= 15 is 0 Å². The number of ether oxygens (including phenoxy) is 1. The van der Waals surface area contributed by atoms with Crippen molar-refractivity contribution in [2.45, 2.75) is 37.6 Å². The summed E-state index contributed by atoms with van der Waals surface area (Å²) in [5.74, 6) is -0.438. The van der Waals surface area contributed by atoms with Crippen LogP contribution in [0.25, 0.3) is 0 Å². The number of carbonyl (C=O) groups is 2. The Hall–Kier alpha value is -3.04. The summed E-state index contributed by atoms with van der Waals surface area (Å²) in [6.45, 7) is -0.271. The number of nitrogens with one attached hydrogen (secondary N) is 1. The minimum Gasteiger partial charge on any atom is -0.483 e. The van der Waals surface area contributed by atoms with E-state index in [2.05, 4.69) is 11.4 Å². The van der Waals surface area contributed by atoms with E-state index < -0.39 is 5.54 Å². The van der Waals surface area contributed by atoms with E-state index in [0.717, 1.165) is 19.3 Å². The van der Waals surface area contributed by atoms with Crippen LogP contribution in [0.2, 0.25) is 5.02 Å². The molecule has 0 atom stereocenters. The third-order valence-corrected chi connectivity index (χ3v) is 5.71. The Kier molecular flexibility index (Phi) is 6.96. The Morgan fingerprint density at radius 3 is 2.53 bits per heavy atom. The summed E-state index contributed by atoms with van der Waals surface area (Å²) in [6.07, 6.45) is 4.25. The van der Waals surface area contributed by atoms with Crippen LogP contribution in [0.3, 0.4) is 0 Å². The Morgan fingerprint density at radius 1 is 1.17 bits per heavy atom. The molecule has 0 aliphatic heterocycles. The number of nitriles is 1. The molecule has 1 N–H and O–H groups in total. The molecule has 1 saturated carbocycles. The quantitative estimate of drug-likeness (QED) is 0.729. The lowest BCUT2D eigenvalue weighted by Crippen LogP contribution is -2.51. The van der Waals surface area contributed by atoms with E-state index in [-0.39, 0.29) is 29.7 Å². The summed E-state index contributed by atoms with van der Waals surface area (Å²) in [5.41, 5.74) is 0.0820. The van der Waals surface area contributed by atoms with Crippen molar-refractivity contribution in [3.8, 4) is 11.8 Å². The maximum atomic E-state index is 12.7. The highest BCUT2D eigenvalue weighted by atomic mass is 35.5. The molecule has 3 rings (SSSR count). The van der Waals surface area contributed by atoms with Gasteiger partial charge < -0.3 is 15.0 Å². The van der Waals surface area contributed by atoms with E-state index in [0.29, 0.717) is 23.6 Å². The second kappa shape index (κ2) is 9.64. The van der Waals surface area contributed by atoms with Gasteiger partial charge in [0.15, 0.2) is 6.61 Å². The number of hydrogen-bond donors (Lipinski definition) is 1. The highest BCUT2D eigenvalue weighted by Crippen LogP contribution is 2.32. The summed E-state index contributed by atoms with van der Waals surface area (Å²) in [7, 11) is 1.64. The molecular formula is C23H24ClN3O3. The predicted octanol–water partition coefficient (Wildman–Crippen LogP) is 4.66.